The van der Waals surface area contributed by atoms with Gasteiger partial charge in [-0.3, -0.25) is 19.1 Å². The van der Waals surface area contributed by atoms with Crippen LogP contribution in [0.15, 0.2) is 65.7 Å². The number of rotatable bonds is 6. The summed E-state index contributed by atoms with van der Waals surface area (Å²) < 4.78 is 3.80. The second kappa shape index (κ2) is 10.3. The summed E-state index contributed by atoms with van der Waals surface area (Å²) in [6, 6.07) is 15.8. The zero-order valence-electron chi connectivity index (χ0n) is 22.7. The SMILES string of the molecule is CNc1ccn(-c2ccnc3c2cc(CN2CCN(c4ccc(C(=O)N(C)C)cc4)C[C@H]2C)n3C)c(=O)c1. The van der Waals surface area contributed by atoms with Gasteiger partial charge in [0.2, 0.25) is 0 Å². The molecule has 198 valence electrons. The summed E-state index contributed by atoms with van der Waals surface area (Å²) in [6.07, 6.45) is 3.57. The smallest absolute Gasteiger partial charge is 0.257 e. The maximum absolute atomic E-state index is 12.8. The van der Waals surface area contributed by atoms with Gasteiger partial charge in [0, 0.05) is 107 Å². The second-order valence-electron chi connectivity index (χ2n) is 10.1. The molecule has 1 atom stereocenters. The van der Waals surface area contributed by atoms with Crippen LogP contribution in [0.2, 0.25) is 0 Å². The molecule has 0 bridgehead atoms. The van der Waals surface area contributed by atoms with E-state index < -0.39 is 0 Å². The fraction of sp³-hybridized carbons (Fsp3) is 0.345. The first-order chi connectivity index (χ1) is 18.3. The van der Waals surface area contributed by atoms with Crippen LogP contribution >= 0.6 is 0 Å². The molecule has 0 aliphatic carbocycles. The molecule has 4 heterocycles. The minimum atomic E-state index is -0.0846. The van der Waals surface area contributed by atoms with Gasteiger partial charge in [0.05, 0.1) is 5.69 Å². The number of amides is 1. The monoisotopic (exact) mass is 513 g/mol. The lowest BCUT2D eigenvalue weighted by molar-refractivity contribution is 0.0827. The molecule has 1 aromatic carbocycles. The molecule has 4 aromatic rings. The van der Waals surface area contributed by atoms with Gasteiger partial charge in [0.25, 0.3) is 11.5 Å². The second-order valence-corrected chi connectivity index (χ2v) is 10.1. The van der Waals surface area contributed by atoms with Crippen LogP contribution in [0.25, 0.3) is 16.7 Å². The number of anilines is 2. The third-order valence-electron chi connectivity index (χ3n) is 7.49. The van der Waals surface area contributed by atoms with Gasteiger partial charge < -0.3 is 19.7 Å². The molecule has 9 nitrogen and oxygen atoms in total. The van der Waals surface area contributed by atoms with Crippen molar-refractivity contribution in [2.75, 3.05) is 51.0 Å². The molecule has 0 saturated carbocycles. The predicted octanol–water partition coefficient (Wildman–Crippen LogP) is 3.18. The van der Waals surface area contributed by atoms with E-state index in [-0.39, 0.29) is 11.5 Å². The fourth-order valence-electron chi connectivity index (χ4n) is 5.20. The quantitative estimate of drug-likeness (QED) is 0.427. The Balaban J connectivity index is 1.34. The van der Waals surface area contributed by atoms with Crippen molar-refractivity contribution in [3.8, 4) is 5.69 Å². The van der Waals surface area contributed by atoms with E-state index in [2.05, 4.69) is 37.7 Å². The van der Waals surface area contributed by atoms with Crippen LogP contribution in [-0.2, 0) is 13.6 Å². The van der Waals surface area contributed by atoms with E-state index in [1.54, 1.807) is 49.1 Å². The van der Waals surface area contributed by atoms with Crippen LogP contribution in [0.4, 0.5) is 11.4 Å². The van der Waals surface area contributed by atoms with E-state index in [1.807, 2.05) is 43.4 Å². The highest BCUT2D eigenvalue weighted by Crippen LogP contribution is 2.26. The molecule has 1 aliphatic heterocycles. The van der Waals surface area contributed by atoms with Gasteiger partial charge in [0.1, 0.15) is 5.65 Å². The molecule has 0 unspecified atom stereocenters. The van der Waals surface area contributed by atoms with E-state index in [0.717, 1.165) is 60.0 Å². The number of piperazine rings is 1. The van der Waals surface area contributed by atoms with Crippen molar-refractivity contribution < 1.29 is 4.79 Å². The van der Waals surface area contributed by atoms with Crippen molar-refractivity contribution >= 4 is 28.3 Å². The normalized spacial score (nSPS) is 16.1. The minimum absolute atomic E-state index is 0.0159. The number of aryl methyl sites for hydroxylation is 1. The van der Waals surface area contributed by atoms with Crippen LogP contribution < -0.4 is 15.8 Å². The summed E-state index contributed by atoms with van der Waals surface area (Å²) >= 11 is 0. The number of carbonyl (C=O) groups excluding carboxylic acids is 1. The molecular formula is C29H35N7O2. The van der Waals surface area contributed by atoms with Crippen LogP contribution in [0.5, 0.6) is 0 Å². The molecule has 1 aliphatic rings. The Morgan fingerprint density at radius 3 is 2.53 bits per heavy atom. The van der Waals surface area contributed by atoms with E-state index in [1.165, 1.54) is 0 Å². The Bertz CT molecular complexity index is 1520. The van der Waals surface area contributed by atoms with E-state index >= 15 is 0 Å². The van der Waals surface area contributed by atoms with Gasteiger partial charge in [0.15, 0.2) is 0 Å². The zero-order valence-corrected chi connectivity index (χ0v) is 22.7. The molecule has 0 radical (unpaired) electrons. The van der Waals surface area contributed by atoms with E-state index in [4.69, 9.17) is 0 Å². The minimum Gasteiger partial charge on any atom is -0.388 e. The topological polar surface area (TPSA) is 78.6 Å². The van der Waals surface area contributed by atoms with Gasteiger partial charge in [-0.1, -0.05) is 0 Å². The summed E-state index contributed by atoms with van der Waals surface area (Å²) in [5.41, 5.74) is 5.40. The number of nitrogens with one attached hydrogen (secondary N) is 1. The first kappa shape index (κ1) is 25.5. The lowest BCUT2D eigenvalue weighted by Crippen LogP contribution is -2.51. The van der Waals surface area contributed by atoms with Gasteiger partial charge >= 0.3 is 0 Å². The zero-order chi connectivity index (χ0) is 27.0. The van der Waals surface area contributed by atoms with Crippen molar-refractivity contribution in [1.29, 1.82) is 0 Å². The van der Waals surface area contributed by atoms with Crippen LogP contribution in [0.3, 0.4) is 0 Å². The summed E-state index contributed by atoms with van der Waals surface area (Å²) in [5.74, 6) is 0.0159. The standard InChI is InChI=1S/C29H35N7O2/c1-20-18-35(23-8-6-21(7-9-23)29(38)32(3)4)15-14-34(20)19-24-17-25-26(10-12-31-28(25)33(24)5)36-13-11-22(30-2)16-27(36)37/h6-13,16-17,20,30H,14-15,18-19H2,1-5H3/t20-/m1/s1. The average Bonchev–Trinajstić information content (AvgIpc) is 3.24. The first-order valence-electron chi connectivity index (χ1n) is 12.9. The molecule has 1 saturated heterocycles. The molecule has 3 aromatic heterocycles. The molecule has 0 spiro atoms. The maximum Gasteiger partial charge on any atom is 0.257 e. The van der Waals surface area contributed by atoms with Crippen LogP contribution in [0, 0.1) is 0 Å². The largest absolute Gasteiger partial charge is 0.388 e. The molecular weight excluding hydrogens is 478 g/mol. The number of hydrogen-bond donors (Lipinski definition) is 1. The number of benzene rings is 1. The van der Waals surface area contributed by atoms with Crippen molar-refractivity contribution in [2.45, 2.75) is 19.5 Å². The molecule has 1 fully saturated rings. The lowest BCUT2D eigenvalue weighted by atomic mass is 10.1. The Morgan fingerprint density at radius 2 is 1.87 bits per heavy atom. The number of aromatic nitrogens is 3. The average molecular weight is 514 g/mol. The van der Waals surface area contributed by atoms with E-state index in [0.29, 0.717) is 11.6 Å². The Kier molecular flexibility index (Phi) is 6.94. The van der Waals surface area contributed by atoms with Crippen molar-refractivity contribution in [3.05, 3.63) is 82.5 Å². The fourth-order valence-corrected chi connectivity index (χ4v) is 5.20. The summed E-state index contributed by atoms with van der Waals surface area (Å²) in [6.45, 7) is 5.79. The molecule has 38 heavy (non-hydrogen) atoms. The molecule has 9 heteroatoms. The summed E-state index contributed by atoms with van der Waals surface area (Å²) in [7, 11) is 7.38. The van der Waals surface area contributed by atoms with Crippen molar-refractivity contribution in [1.82, 2.24) is 23.9 Å². The van der Waals surface area contributed by atoms with Crippen molar-refractivity contribution in [3.63, 3.8) is 0 Å². The number of nitrogens with zero attached hydrogens (tertiary/aromatic N) is 6. The Hall–Kier alpha value is -4.11. The predicted molar refractivity (Wildman–Crippen MR) is 152 cm³/mol. The number of pyridine rings is 2. The third kappa shape index (κ3) is 4.77. The van der Waals surface area contributed by atoms with Gasteiger partial charge in [-0.15, -0.1) is 0 Å². The number of fused-ring (bicyclic) bond motifs is 1. The third-order valence-corrected chi connectivity index (χ3v) is 7.49. The number of hydrogen-bond acceptors (Lipinski definition) is 6. The summed E-state index contributed by atoms with van der Waals surface area (Å²) in [4.78, 5) is 36.1. The van der Waals surface area contributed by atoms with Crippen LogP contribution in [0.1, 0.15) is 23.0 Å². The van der Waals surface area contributed by atoms with Crippen molar-refractivity contribution in [2.24, 2.45) is 7.05 Å². The highest BCUT2D eigenvalue weighted by molar-refractivity contribution is 5.94. The Labute approximate surface area is 222 Å². The van der Waals surface area contributed by atoms with Crippen LogP contribution in [-0.4, -0.2) is 76.6 Å². The van der Waals surface area contributed by atoms with E-state index in [9.17, 15) is 9.59 Å². The Morgan fingerprint density at radius 1 is 1.11 bits per heavy atom. The highest BCUT2D eigenvalue weighted by atomic mass is 16.2. The molecule has 5 rings (SSSR count). The van der Waals surface area contributed by atoms with Gasteiger partial charge in [-0.25, -0.2) is 4.98 Å². The molecule has 1 N–H and O–H groups in total. The summed E-state index contributed by atoms with van der Waals surface area (Å²) in [5, 5.41) is 3.98. The maximum atomic E-state index is 12.8. The lowest BCUT2D eigenvalue weighted by Gasteiger charge is -2.41. The first-order valence-corrected chi connectivity index (χ1v) is 12.9. The highest BCUT2D eigenvalue weighted by Gasteiger charge is 2.25. The van der Waals surface area contributed by atoms with Gasteiger partial charge in [-0.05, 0) is 49.4 Å². The van der Waals surface area contributed by atoms with Gasteiger partial charge in [-0.2, -0.15) is 0 Å². The number of carbonyl (C=O) groups is 1. The molecule has 1 amide bonds.